The summed E-state index contributed by atoms with van der Waals surface area (Å²) in [4.78, 5) is 12.2. The highest BCUT2D eigenvalue weighted by Gasteiger charge is 2.26. The average Bonchev–Trinajstić information content (AvgIpc) is 2.67. The molecule has 0 saturated carbocycles. The van der Waals surface area contributed by atoms with Crippen LogP contribution < -0.4 is 5.32 Å². The highest BCUT2D eigenvalue weighted by Crippen LogP contribution is 2.40. The van der Waals surface area contributed by atoms with Gasteiger partial charge in [0.15, 0.2) is 0 Å². The van der Waals surface area contributed by atoms with E-state index in [4.69, 9.17) is 0 Å². The summed E-state index contributed by atoms with van der Waals surface area (Å²) in [6, 6.07) is 7.19. The summed E-state index contributed by atoms with van der Waals surface area (Å²) in [5, 5.41) is 12.0. The smallest absolute Gasteiger partial charge is 0.248 e. The predicted molar refractivity (Wildman–Crippen MR) is 127 cm³/mol. The van der Waals surface area contributed by atoms with Crippen LogP contribution in [-0.2, 0) is 11.4 Å². The largest absolute Gasteiger partial charge is 0.392 e. The Morgan fingerprint density at radius 1 is 1.20 bits per heavy atom. The summed E-state index contributed by atoms with van der Waals surface area (Å²) in [7, 11) is 0. The van der Waals surface area contributed by atoms with Gasteiger partial charge in [0.05, 0.1) is 6.61 Å². The Morgan fingerprint density at radius 3 is 2.67 bits per heavy atom. The van der Waals surface area contributed by atoms with Gasteiger partial charge in [-0.3, -0.25) is 4.79 Å². The van der Waals surface area contributed by atoms with Crippen LogP contribution in [0, 0.1) is 5.41 Å². The van der Waals surface area contributed by atoms with Gasteiger partial charge in [-0.2, -0.15) is 0 Å². The lowest BCUT2D eigenvalue weighted by atomic mass is 9.72. The molecule has 0 aliphatic heterocycles. The molecule has 0 bridgehead atoms. The number of rotatable bonds is 7. The molecule has 0 fully saturated rings. The quantitative estimate of drug-likeness (QED) is 0.394. The second-order valence-electron chi connectivity index (χ2n) is 8.77. The summed E-state index contributed by atoms with van der Waals surface area (Å²) < 4.78 is 0. The molecule has 0 spiro atoms. The number of anilines is 1. The molecule has 0 aromatic heterocycles. The first kappa shape index (κ1) is 23.6. The van der Waals surface area contributed by atoms with Crippen molar-refractivity contribution in [1.29, 1.82) is 0 Å². The highest BCUT2D eigenvalue weighted by atomic mass is 16.3. The van der Waals surface area contributed by atoms with Crippen molar-refractivity contribution in [3.8, 4) is 0 Å². The van der Waals surface area contributed by atoms with Crippen molar-refractivity contribution in [1.82, 2.24) is 0 Å². The Labute approximate surface area is 181 Å². The van der Waals surface area contributed by atoms with Crippen LogP contribution in [-0.4, -0.2) is 11.0 Å². The van der Waals surface area contributed by atoms with Crippen molar-refractivity contribution in [2.45, 2.75) is 60.5 Å². The van der Waals surface area contributed by atoms with Crippen molar-refractivity contribution >= 4 is 11.6 Å². The van der Waals surface area contributed by atoms with E-state index in [1.54, 1.807) is 18.2 Å². The summed E-state index contributed by atoms with van der Waals surface area (Å²) in [5.41, 5.74) is 6.69. The number of hydrogen-bond acceptors (Lipinski definition) is 2. The van der Waals surface area contributed by atoms with Crippen molar-refractivity contribution in [2.24, 2.45) is 5.41 Å². The van der Waals surface area contributed by atoms with Crippen LogP contribution in [0.5, 0.6) is 0 Å². The Morgan fingerprint density at radius 2 is 1.97 bits per heavy atom. The zero-order valence-corrected chi connectivity index (χ0v) is 19.0. The van der Waals surface area contributed by atoms with Crippen molar-refractivity contribution in [3.63, 3.8) is 0 Å². The highest BCUT2D eigenvalue weighted by molar-refractivity contribution is 6.00. The van der Waals surface area contributed by atoms with E-state index in [2.05, 4.69) is 51.2 Å². The molecule has 2 rings (SSSR count). The molecule has 0 radical (unpaired) electrons. The van der Waals surface area contributed by atoms with Crippen LogP contribution in [0.25, 0.3) is 0 Å². The average molecular weight is 406 g/mol. The van der Waals surface area contributed by atoms with Gasteiger partial charge in [0.25, 0.3) is 0 Å². The fourth-order valence-corrected chi connectivity index (χ4v) is 3.81. The van der Waals surface area contributed by atoms with Gasteiger partial charge in [0.1, 0.15) is 0 Å². The van der Waals surface area contributed by atoms with Crippen molar-refractivity contribution < 1.29 is 9.90 Å². The minimum Gasteiger partial charge on any atom is -0.392 e. The number of amides is 1. The molecule has 1 aliphatic rings. The number of allylic oxidation sites excluding steroid dienone is 9. The minimum atomic E-state index is -0.185. The number of nitrogens with one attached hydrogen (secondary N) is 1. The summed E-state index contributed by atoms with van der Waals surface area (Å²) in [6.45, 7) is 10.8. The topological polar surface area (TPSA) is 49.3 Å². The molecule has 1 aromatic carbocycles. The molecule has 1 aromatic rings. The molecular formula is C27H35NO2. The van der Waals surface area contributed by atoms with Gasteiger partial charge in [-0.15, -0.1) is 0 Å². The molecule has 1 aliphatic carbocycles. The Balaban J connectivity index is 1.97. The van der Waals surface area contributed by atoms with Gasteiger partial charge < -0.3 is 10.4 Å². The van der Waals surface area contributed by atoms with Crippen LogP contribution in [0.15, 0.2) is 83.0 Å². The minimum absolute atomic E-state index is 0.0458. The second kappa shape index (κ2) is 10.9. The van der Waals surface area contributed by atoms with Gasteiger partial charge in [0, 0.05) is 11.8 Å². The first-order valence-corrected chi connectivity index (χ1v) is 10.6. The number of hydrogen-bond donors (Lipinski definition) is 2. The van der Waals surface area contributed by atoms with E-state index in [9.17, 15) is 9.90 Å². The molecule has 0 unspecified atom stereocenters. The standard InChI is InChI=1S/C27H35NO2/c1-20(14-15-25-22(3)11-8-16-27(25,4)5)9-6-10-21(2)17-26(30)28-24-13-7-12-23(18-24)19-29/h6-7,9-10,12-15,17-18,29H,8,11,16,19H2,1-5H3,(H,28,30)/b10-6+,15-14+,20-9+,21-17+. The van der Waals surface area contributed by atoms with E-state index < -0.39 is 0 Å². The van der Waals surface area contributed by atoms with Gasteiger partial charge in [-0.05, 0) is 74.3 Å². The van der Waals surface area contributed by atoms with Crippen LogP contribution in [0.3, 0.4) is 0 Å². The van der Waals surface area contributed by atoms with Crippen molar-refractivity contribution in [3.05, 3.63) is 88.6 Å². The maximum atomic E-state index is 12.2. The summed E-state index contributed by atoms with van der Waals surface area (Å²) in [6.07, 6.45) is 15.7. The maximum absolute atomic E-state index is 12.2. The molecule has 30 heavy (non-hydrogen) atoms. The molecule has 0 atom stereocenters. The number of aliphatic hydroxyl groups is 1. The molecular weight excluding hydrogens is 370 g/mol. The van der Waals surface area contributed by atoms with Crippen molar-refractivity contribution in [2.75, 3.05) is 5.32 Å². The molecule has 160 valence electrons. The van der Waals surface area contributed by atoms with E-state index in [0.717, 1.165) is 11.1 Å². The SMILES string of the molecule is CC1=C(/C=C/C(C)=C/C=C/C(C)=C/C(=O)Nc2cccc(CO)c2)C(C)(C)CCC1. The van der Waals surface area contributed by atoms with Gasteiger partial charge in [-0.25, -0.2) is 0 Å². The lowest BCUT2D eigenvalue weighted by Crippen LogP contribution is -2.19. The van der Waals surface area contributed by atoms with Gasteiger partial charge >= 0.3 is 0 Å². The van der Waals surface area contributed by atoms with E-state index in [0.29, 0.717) is 5.69 Å². The molecule has 0 heterocycles. The normalized spacial score (nSPS) is 17.8. The first-order chi connectivity index (χ1) is 14.2. The van der Waals surface area contributed by atoms with Crippen LogP contribution in [0.1, 0.15) is 59.4 Å². The summed E-state index contributed by atoms with van der Waals surface area (Å²) in [5.74, 6) is -0.185. The Kier molecular flexibility index (Phi) is 8.61. The first-order valence-electron chi connectivity index (χ1n) is 10.6. The third-order valence-electron chi connectivity index (χ3n) is 5.51. The van der Waals surface area contributed by atoms with E-state index >= 15 is 0 Å². The molecule has 3 heteroatoms. The lowest BCUT2D eigenvalue weighted by Gasteiger charge is -2.32. The fourth-order valence-electron chi connectivity index (χ4n) is 3.81. The Bertz CT molecular complexity index is 911. The monoisotopic (exact) mass is 405 g/mol. The van der Waals surface area contributed by atoms with Gasteiger partial charge in [0.2, 0.25) is 5.91 Å². The van der Waals surface area contributed by atoms with E-state index in [-0.39, 0.29) is 17.9 Å². The molecule has 0 saturated heterocycles. The summed E-state index contributed by atoms with van der Waals surface area (Å²) >= 11 is 0. The number of carbonyl (C=O) groups excluding carboxylic acids is 1. The zero-order chi connectivity index (χ0) is 22.1. The fraction of sp³-hybridized carbons (Fsp3) is 0.370. The third kappa shape index (κ3) is 7.31. The third-order valence-corrected chi connectivity index (χ3v) is 5.51. The van der Waals surface area contributed by atoms with Crippen LogP contribution >= 0.6 is 0 Å². The molecule has 3 nitrogen and oxygen atoms in total. The number of aliphatic hydroxyl groups excluding tert-OH is 1. The lowest BCUT2D eigenvalue weighted by molar-refractivity contribution is -0.111. The molecule has 2 N–H and O–H groups in total. The van der Waals surface area contributed by atoms with Crippen LogP contribution in [0.4, 0.5) is 5.69 Å². The number of carbonyl (C=O) groups is 1. The van der Waals surface area contributed by atoms with Crippen LogP contribution in [0.2, 0.25) is 0 Å². The van der Waals surface area contributed by atoms with E-state index in [1.165, 1.54) is 36.0 Å². The zero-order valence-electron chi connectivity index (χ0n) is 19.0. The number of benzene rings is 1. The maximum Gasteiger partial charge on any atom is 0.248 e. The Hall–Kier alpha value is -2.65. The van der Waals surface area contributed by atoms with Gasteiger partial charge in [-0.1, -0.05) is 67.5 Å². The predicted octanol–water partition coefficient (Wildman–Crippen LogP) is 6.65. The molecule has 1 amide bonds. The second-order valence-corrected chi connectivity index (χ2v) is 8.77. The van der Waals surface area contributed by atoms with E-state index in [1.807, 2.05) is 31.2 Å².